The zero-order valence-electron chi connectivity index (χ0n) is 19.0. The van der Waals surface area contributed by atoms with Crippen molar-refractivity contribution in [3.8, 4) is 0 Å². The zero-order valence-corrected chi connectivity index (χ0v) is 19.0. The molecule has 0 saturated heterocycles. The van der Waals surface area contributed by atoms with Crippen LogP contribution in [0, 0.1) is 23.7 Å². The van der Waals surface area contributed by atoms with Crippen LogP contribution in [0.25, 0.3) is 0 Å². The Balaban J connectivity index is 0.000000245. The van der Waals surface area contributed by atoms with E-state index in [2.05, 4.69) is 12.1 Å². The molecule has 0 unspecified atom stereocenters. The summed E-state index contributed by atoms with van der Waals surface area (Å²) < 4.78 is 15.5. The number of aliphatic hydroxyl groups excluding tert-OH is 1. The van der Waals surface area contributed by atoms with Gasteiger partial charge in [-0.1, -0.05) is 30.3 Å². The van der Waals surface area contributed by atoms with E-state index in [1.54, 1.807) is 0 Å². The van der Waals surface area contributed by atoms with Crippen LogP contribution in [0.4, 0.5) is 0 Å². The van der Waals surface area contributed by atoms with Gasteiger partial charge in [-0.3, -0.25) is 9.59 Å². The minimum absolute atomic E-state index is 0.0241. The van der Waals surface area contributed by atoms with Gasteiger partial charge in [0, 0.05) is 13.2 Å². The van der Waals surface area contributed by atoms with Crippen molar-refractivity contribution >= 4 is 11.9 Å². The molecule has 0 heterocycles. The molecule has 6 nitrogen and oxygen atoms in total. The summed E-state index contributed by atoms with van der Waals surface area (Å²) in [5.41, 5.74) is 1.21. The fraction of sp³-hybridized carbons (Fsp3) is 0.680. The second-order valence-corrected chi connectivity index (χ2v) is 8.41. The maximum absolute atomic E-state index is 11.4. The average molecular weight is 435 g/mol. The molecule has 31 heavy (non-hydrogen) atoms. The molecule has 2 saturated carbocycles. The molecule has 2 fully saturated rings. The van der Waals surface area contributed by atoms with Gasteiger partial charge in [-0.15, -0.1) is 0 Å². The standard InChI is InChI=1S/C16H22O3.C9H16O3/c1-2-19-16(17)15-10-14(11-15)8-9-18-12-13-6-4-3-5-7-13;1-2-12-9(11)8-5-7(6-8)3-4-10/h3-7,14-15H,2,8-12H2,1H3;7-8,10H,2-6H2,1H3. The molecule has 0 spiro atoms. The van der Waals surface area contributed by atoms with Gasteiger partial charge in [-0.05, 0) is 69.8 Å². The van der Waals surface area contributed by atoms with Crippen LogP contribution in [0.3, 0.4) is 0 Å². The summed E-state index contributed by atoms with van der Waals surface area (Å²) >= 11 is 0. The summed E-state index contributed by atoms with van der Waals surface area (Å²) in [6, 6.07) is 10.2. The van der Waals surface area contributed by atoms with E-state index in [0.717, 1.165) is 45.1 Å². The predicted molar refractivity (Wildman–Crippen MR) is 118 cm³/mol. The van der Waals surface area contributed by atoms with E-state index in [-0.39, 0.29) is 30.4 Å². The molecule has 2 aliphatic rings. The molecule has 174 valence electrons. The first-order valence-corrected chi connectivity index (χ1v) is 11.6. The molecule has 0 atom stereocenters. The Labute approximate surface area is 186 Å². The molecule has 0 aromatic heterocycles. The van der Waals surface area contributed by atoms with E-state index in [1.807, 2.05) is 32.0 Å². The van der Waals surface area contributed by atoms with Gasteiger partial charge in [-0.2, -0.15) is 0 Å². The van der Waals surface area contributed by atoms with E-state index in [1.165, 1.54) is 5.56 Å². The molecule has 6 heteroatoms. The van der Waals surface area contributed by atoms with Crippen molar-refractivity contribution in [1.82, 2.24) is 0 Å². The average Bonchev–Trinajstić information content (AvgIpc) is 2.70. The molecule has 1 aromatic carbocycles. The molecule has 2 aliphatic carbocycles. The van der Waals surface area contributed by atoms with E-state index in [9.17, 15) is 9.59 Å². The number of rotatable bonds is 11. The summed E-state index contributed by atoms with van der Waals surface area (Å²) in [5.74, 6) is 1.34. The third kappa shape index (κ3) is 8.99. The summed E-state index contributed by atoms with van der Waals surface area (Å²) in [6.07, 6.45) is 5.61. The number of carbonyl (C=O) groups excluding carboxylic acids is 2. The minimum Gasteiger partial charge on any atom is -0.466 e. The molecule has 0 radical (unpaired) electrons. The third-order valence-corrected chi connectivity index (χ3v) is 6.03. The molecule has 0 amide bonds. The molecule has 3 rings (SSSR count). The van der Waals surface area contributed by atoms with Gasteiger partial charge in [0.05, 0.1) is 31.7 Å². The number of hydrogen-bond donors (Lipinski definition) is 1. The lowest BCUT2D eigenvalue weighted by molar-refractivity contribution is -0.153. The topological polar surface area (TPSA) is 82.1 Å². The maximum atomic E-state index is 11.4. The van der Waals surface area contributed by atoms with Crippen LogP contribution < -0.4 is 0 Å². The van der Waals surface area contributed by atoms with Gasteiger partial charge < -0.3 is 19.3 Å². The van der Waals surface area contributed by atoms with Crippen LogP contribution in [0.1, 0.15) is 57.9 Å². The van der Waals surface area contributed by atoms with Crippen LogP contribution in [0.15, 0.2) is 30.3 Å². The van der Waals surface area contributed by atoms with Gasteiger partial charge in [0.25, 0.3) is 0 Å². The van der Waals surface area contributed by atoms with Crippen molar-refractivity contribution in [2.45, 2.75) is 59.0 Å². The third-order valence-electron chi connectivity index (χ3n) is 6.03. The highest BCUT2D eigenvalue weighted by molar-refractivity contribution is 5.73. The molecular weight excluding hydrogens is 396 g/mol. The fourth-order valence-corrected chi connectivity index (χ4v) is 4.04. The zero-order chi connectivity index (χ0) is 22.5. The van der Waals surface area contributed by atoms with Gasteiger partial charge in [-0.25, -0.2) is 0 Å². The van der Waals surface area contributed by atoms with Crippen molar-refractivity contribution in [1.29, 1.82) is 0 Å². The Hall–Kier alpha value is -1.92. The number of esters is 2. The lowest BCUT2D eigenvalue weighted by atomic mass is 9.73. The Morgan fingerprint density at radius 2 is 1.39 bits per heavy atom. The molecule has 1 N–H and O–H groups in total. The van der Waals surface area contributed by atoms with E-state index in [0.29, 0.717) is 31.7 Å². The highest BCUT2D eigenvalue weighted by atomic mass is 16.5. The quantitative estimate of drug-likeness (QED) is 0.416. The van der Waals surface area contributed by atoms with Crippen molar-refractivity contribution < 1.29 is 28.9 Å². The summed E-state index contributed by atoms with van der Waals surface area (Å²) in [5, 5.41) is 8.61. The fourth-order valence-electron chi connectivity index (χ4n) is 4.04. The van der Waals surface area contributed by atoms with E-state index in [4.69, 9.17) is 19.3 Å². The monoisotopic (exact) mass is 434 g/mol. The van der Waals surface area contributed by atoms with Crippen LogP contribution >= 0.6 is 0 Å². The summed E-state index contributed by atoms with van der Waals surface area (Å²) in [7, 11) is 0. The smallest absolute Gasteiger partial charge is 0.308 e. The normalized spacial score (nSPS) is 24.1. The van der Waals surface area contributed by atoms with Crippen molar-refractivity contribution in [3.63, 3.8) is 0 Å². The minimum atomic E-state index is -0.0633. The van der Waals surface area contributed by atoms with Crippen molar-refractivity contribution in [2.24, 2.45) is 23.7 Å². The number of benzene rings is 1. The molecule has 0 bridgehead atoms. The van der Waals surface area contributed by atoms with E-state index >= 15 is 0 Å². The van der Waals surface area contributed by atoms with Crippen LogP contribution in [0.2, 0.25) is 0 Å². The highest BCUT2D eigenvalue weighted by Gasteiger charge is 2.35. The predicted octanol–water partition coefficient (Wildman–Crippen LogP) is 4.14. The summed E-state index contributed by atoms with van der Waals surface area (Å²) in [4.78, 5) is 22.5. The highest BCUT2D eigenvalue weighted by Crippen LogP contribution is 2.37. The first-order chi connectivity index (χ1) is 15.1. The number of aliphatic hydroxyl groups is 1. The Kier molecular flexibility index (Phi) is 11.6. The van der Waals surface area contributed by atoms with Crippen molar-refractivity contribution in [3.05, 3.63) is 35.9 Å². The first-order valence-electron chi connectivity index (χ1n) is 11.6. The lowest BCUT2D eigenvalue weighted by Gasteiger charge is -2.33. The van der Waals surface area contributed by atoms with Gasteiger partial charge >= 0.3 is 11.9 Å². The van der Waals surface area contributed by atoms with Gasteiger partial charge in [0.15, 0.2) is 0 Å². The van der Waals surface area contributed by atoms with Crippen molar-refractivity contribution in [2.75, 3.05) is 26.4 Å². The second kappa shape index (κ2) is 14.2. The Morgan fingerprint density at radius 3 is 1.87 bits per heavy atom. The van der Waals surface area contributed by atoms with Gasteiger partial charge in [0.2, 0.25) is 0 Å². The SMILES string of the molecule is CCOC(=O)C1CC(CCO)C1.CCOC(=O)C1CC(CCOCc2ccccc2)C1. The number of ether oxygens (including phenoxy) is 3. The first kappa shape index (κ1) is 25.3. The number of carbonyl (C=O) groups is 2. The van der Waals surface area contributed by atoms with E-state index < -0.39 is 0 Å². The molecular formula is C25H38O6. The van der Waals surface area contributed by atoms with Crippen LogP contribution in [0.5, 0.6) is 0 Å². The second-order valence-electron chi connectivity index (χ2n) is 8.41. The van der Waals surface area contributed by atoms with Gasteiger partial charge in [0.1, 0.15) is 0 Å². The largest absolute Gasteiger partial charge is 0.466 e. The molecule has 0 aliphatic heterocycles. The summed E-state index contributed by atoms with van der Waals surface area (Å²) in [6.45, 7) is 6.32. The van der Waals surface area contributed by atoms with Crippen LogP contribution in [-0.2, 0) is 30.4 Å². The Morgan fingerprint density at radius 1 is 0.871 bits per heavy atom. The maximum Gasteiger partial charge on any atom is 0.308 e. The van der Waals surface area contributed by atoms with Crippen LogP contribution in [-0.4, -0.2) is 43.5 Å². The molecule has 1 aromatic rings. The lowest BCUT2D eigenvalue weighted by Crippen LogP contribution is -2.32. The Bertz CT molecular complexity index is 635. The number of hydrogen-bond acceptors (Lipinski definition) is 6.